The lowest BCUT2D eigenvalue weighted by Gasteiger charge is -2.09. The van der Waals surface area contributed by atoms with Gasteiger partial charge in [-0.2, -0.15) is 0 Å². The SMILES string of the molecule is CCC(C)CNS(=O)(=O)c1cc(CNC)oc1Br. The third-order valence-corrected chi connectivity index (χ3v) is 4.95. The topological polar surface area (TPSA) is 71.3 Å². The molecule has 5 nitrogen and oxygen atoms in total. The van der Waals surface area contributed by atoms with Crippen LogP contribution in [0.15, 0.2) is 20.0 Å². The third-order valence-electron chi connectivity index (χ3n) is 2.67. The van der Waals surface area contributed by atoms with Crippen LogP contribution in [-0.2, 0) is 16.6 Å². The molecule has 2 N–H and O–H groups in total. The van der Waals surface area contributed by atoms with Gasteiger partial charge in [-0.3, -0.25) is 0 Å². The van der Waals surface area contributed by atoms with Gasteiger partial charge in [-0.1, -0.05) is 20.3 Å². The van der Waals surface area contributed by atoms with Gasteiger partial charge in [0.15, 0.2) is 4.67 Å². The molecule has 0 amide bonds. The van der Waals surface area contributed by atoms with Gasteiger partial charge in [-0.05, 0) is 28.9 Å². The number of nitrogens with one attached hydrogen (secondary N) is 2. The summed E-state index contributed by atoms with van der Waals surface area (Å²) in [6.45, 7) is 4.94. The average molecular weight is 339 g/mol. The Labute approximate surface area is 117 Å². The highest BCUT2D eigenvalue weighted by Crippen LogP contribution is 2.26. The first-order chi connectivity index (χ1) is 8.40. The van der Waals surface area contributed by atoms with E-state index in [1.807, 2.05) is 13.8 Å². The summed E-state index contributed by atoms with van der Waals surface area (Å²) in [5.74, 6) is 0.885. The average Bonchev–Trinajstić information content (AvgIpc) is 2.68. The van der Waals surface area contributed by atoms with Gasteiger partial charge in [0.05, 0.1) is 6.54 Å². The molecule has 18 heavy (non-hydrogen) atoms. The molecule has 0 aliphatic rings. The lowest BCUT2D eigenvalue weighted by atomic mass is 10.1. The Kier molecular flexibility index (Phi) is 5.84. The summed E-state index contributed by atoms with van der Waals surface area (Å²) in [4.78, 5) is 0.149. The molecular formula is C11H19BrN2O3S. The molecule has 0 saturated carbocycles. The van der Waals surface area contributed by atoms with Gasteiger partial charge in [-0.15, -0.1) is 0 Å². The van der Waals surface area contributed by atoms with Crippen LogP contribution >= 0.6 is 15.9 Å². The predicted octanol–water partition coefficient (Wildman–Crippen LogP) is 2.09. The molecular weight excluding hydrogens is 320 g/mol. The molecule has 0 aromatic carbocycles. The molecule has 7 heteroatoms. The lowest BCUT2D eigenvalue weighted by molar-refractivity contribution is 0.469. The van der Waals surface area contributed by atoms with Crippen molar-refractivity contribution in [3.8, 4) is 0 Å². The van der Waals surface area contributed by atoms with E-state index in [-0.39, 0.29) is 9.56 Å². The standard InChI is InChI=1S/C11H19BrN2O3S/c1-4-8(2)6-14-18(15,16)10-5-9(7-13-3)17-11(10)12/h5,8,13-14H,4,6-7H2,1-3H3. The number of hydrogen-bond acceptors (Lipinski definition) is 4. The zero-order chi connectivity index (χ0) is 13.8. The first-order valence-electron chi connectivity index (χ1n) is 5.83. The van der Waals surface area contributed by atoms with Crippen molar-refractivity contribution in [2.24, 2.45) is 5.92 Å². The number of hydrogen-bond donors (Lipinski definition) is 2. The molecule has 0 spiro atoms. The van der Waals surface area contributed by atoms with Crippen LogP contribution in [0.5, 0.6) is 0 Å². The summed E-state index contributed by atoms with van der Waals surface area (Å²) in [5.41, 5.74) is 0. The van der Waals surface area contributed by atoms with Crippen molar-refractivity contribution in [2.45, 2.75) is 31.7 Å². The molecule has 0 aliphatic heterocycles. The monoisotopic (exact) mass is 338 g/mol. The molecule has 0 aliphatic carbocycles. The maximum atomic E-state index is 12.1. The van der Waals surface area contributed by atoms with Gasteiger partial charge >= 0.3 is 0 Å². The Morgan fingerprint density at radius 3 is 2.72 bits per heavy atom. The lowest BCUT2D eigenvalue weighted by Crippen LogP contribution is -2.28. The van der Waals surface area contributed by atoms with Crippen molar-refractivity contribution in [3.05, 3.63) is 16.5 Å². The summed E-state index contributed by atoms with van der Waals surface area (Å²) in [5, 5.41) is 2.91. The molecule has 1 rings (SSSR count). The zero-order valence-corrected chi connectivity index (χ0v) is 13.2. The zero-order valence-electron chi connectivity index (χ0n) is 10.8. The van der Waals surface area contributed by atoms with E-state index in [2.05, 4.69) is 26.0 Å². The fourth-order valence-electron chi connectivity index (χ4n) is 1.32. The molecule has 1 aromatic heterocycles. The van der Waals surface area contributed by atoms with Crippen molar-refractivity contribution < 1.29 is 12.8 Å². The predicted molar refractivity (Wildman–Crippen MR) is 73.8 cm³/mol. The molecule has 1 heterocycles. The van der Waals surface area contributed by atoms with Gasteiger partial charge in [0.25, 0.3) is 0 Å². The van der Waals surface area contributed by atoms with Crippen LogP contribution in [0.2, 0.25) is 0 Å². The molecule has 1 unspecified atom stereocenters. The number of furan rings is 1. The minimum Gasteiger partial charge on any atom is -0.452 e. The first kappa shape index (κ1) is 15.7. The third kappa shape index (κ3) is 4.08. The Hall–Kier alpha value is -0.370. The van der Waals surface area contributed by atoms with Crippen LogP contribution in [-0.4, -0.2) is 22.0 Å². The molecule has 0 saturated heterocycles. The van der Waals surface area contributed by atoms with E-state index in [9.17, 15) is 8.42 Å². The number of sulfonamides is 1. The van der Waals surface area contributed by atoms with E-state index in [4.69, 9.17) is 4.42 Å². The Bertz CT molecular complexity index is 484. The molecule has 1 atom stereocenters. The van der Waals surface area contributed by atoms with Crippen LogP contribution in [0.3, 0.4) is 0 Å². The van der Waals surface area contributed by atoms with Crippen LogP contribution in [0.1, 0.15) is 26.0 Å². The summed E-state index contributed by atoms with van der Waals surface area (Å²) in [7, 11) is -1.74. The quantitative estimate of drug-likeness (QED) is 0.798. The maximum Gasteiger partial charge on any atom is 0.244 e. The van der Waals surface area contributed by atoms with E-state index >= 15 is 0 Å². The fraction of sp³-hybridized carbons (Fsp3) is 0.636. The molecule has 0 radical (unpaired) electrons. The second-order valence-electron chi connectivity index (χ2n) is 4.25. The van der Waals surface area contributed by atoms with Gasteiger partial charge < -0.3 is 9.73 Å². The summed E-state index contributed by atoms with van der Waals surface area (Å²) in [6, 6.07) is 1.53. The van der Waals surface area contributed by atoms with E-state index in [1.165, 1.54) is 6.07 Å². The van der Waals surface area contributed by atoms with Crippen LogP contribution in [0.4, 0.5) is 0 Å². The van der Waals surface area contributed by atoms with E-state index in [1.54, 1.807) is 7.05 Å². The normalized spacial score (nSPS) is 13.8. The van der Waals surface area contributed by atoms with E-state index in [0.29, 0.717) is 24.8 Å². The minimum absolute atomic E-state index is 0.149. The van der Waals surface area contributed by atoms with Crippen molar-refractivity contribution in [1.82, 2.24) is 10.0 Å². The first-order valence-corrected chi connectivity index (χ1v) is 8.10. The second-order valence-corrected chi connectivity index (χ2v) is 6.70. The highest BCUT2D eigenvalue weighted by Gasteiger charge is 2.22. The Balaban J connectivity index is 2.84. The van der Waals surface area contributed by atoms with Crippen molar-refractivity contribution in [3.63, 3.8) is 0 Å². The summed E-state index contributed by atoms with van der Waals surface area (Å²) >= 11 is 3.13. The summed E-state index contributed by atoms with van der Waals surface area (Å²) < 4.78 is 32.3. The number of rotatable bonds is 7. The van der Waals surface area contributed by atoms with Crippen molar-refractivity contribution in [1.29, 1.82) is 0 Å². The molecule has 0 fully saturated rings. The van der Waals surface area contributed by atoms with E-state index < -0.39 is 10.0 Å². The summed E-state index contributed by atoms with van der Waals surface area (Å²) in [6.07, 6.45) is 0.931. The Morgan fingerprint density at radius 1 is 1.50 bits per heavy atom. The van der Waals surface area contributed by atoms with Crippen LogP contribution in [0, 0.1) is 5.92 Å². The number of halogens is 1. The van der Waals surface area contributed by atoms with Gasteiger partial charge in [0.2, 0.25) is 10.0 Å². The fourth-order valence-corrected chi connectivity index (χ4v) is 3.48. The van der Waals surface area contributed by atoms with Gasteiger partial charge in [0.1, 0.15) is 10.7 Å². The smallest absolute Gasteiger partial charge is 0.244 e. The molecule has 1 aromatic rings. The van der Waals surface area contributed by atoms with Crippen molar-refractivity contribution >= 4 is 26.0 Å². The van der Waals surface area contributed by atoms with Crippen LogP contribution < -0.4 is 10.0 Å². The van der Waals surface area contributed by atoms with Gasteiger partial charge in [-0.25, -0.2) is 13.1 Å². The van der Waals surface area contributed by atoms with E-state index in [0.717, 1.165) is 6.42 Å². The molecule has 104 valence electrons. The highest BCUT2D eigenvalue weighted by molar-refractivity contribution is 9.10. The van der Waals surface area contributed by atoms with Crippen LogP contribution in [0.25, 0.3) is 0 Å². The second kappa shape index (κ2) is 6.70. The largest absolute Gasteiger partial charge is 0.452 e. The Morgan fingerprint density at radius 2 is 2.17 bits per heavy atom. The van der Waals surface area contributed by atoms with Gasteiger partial charge in [0, 0.05) is 12.6 Å². The molecule has 0 bridgehead atoms. The van der Waals surface area contributed by atoms with Crippen molar-refractivity contribution in [2.75, 3.05) is 13.6 Å². The minimum atomic E-state index is -3.51. The highest BCUT2D eigenvalue weighted by atomic mass is 79.9. The maximum absolute atomic E-state index is 12.1.